The number of amides is 5. The lowest BCUT2D eigenvalue weighted by Gasteiger charge is -2.16. The van der Waals surface area contributed by atoms with Gasteiger partial charge in [0.25, 0.3) is 5.91 Å². The number of rotatable bonds is 16. The van der Waals surface area contributed by atoms with Gasteiger partial charge in [-0.05, 0) is 72.2 Å². The van der Waals surface area contributed by atoms with Crippen molar-refractivity contribution in [3.8, 4) is 17.0 Å². The third kappa shape index (κ3) is 10.4. The van der Waals surface area contributed by atoms with E-state index in [1.807, 2.05) is 11.8 Å². The van der Waals surface area contributed by atoms with Crippen molar-refractivity contribution in [1.29, 1.82) is 0 Å². The fourth-order valence-corrected chi connectivity index (χ4v) is 7.92. The zero-order valence-corrected chi connectivity index (χ0v) is 30.6. The Morgan fingerprint density at radius 2 is 1.92 bits per heavy atom. The Labute approximate surface area is 311 Å². The molecule has 2 fully saturated rings. The molecule has 0 radical (unpaired) electrons. The number of fused-ring (bicyclic) bond motifs is 4. The predicted octanol–water partition coefficient (Wildman–Crippen LogP) is 5.85. The van der Waals surface area contributed by atoms with E-state index in [0.717, 1.165) is 60.4 Å². The molecule has 15 nitrogen and oxygen atoms in total. The monoisotopic (exact) mass is 748 g/mol. The van der Waals surface area contributed by atoms with Crippen LogP contribution in [0.1, 0.15) is 80.3 Å². The van der Waals surface area contributed by atoms with Gasteiger partial charge >= 0.3 is 6.03 Å². The summed E-state index contributed by atoms with van der Waals surface area (Å²) in [6, 6.07) is 9.99. The summed E-state index contributed by atoms with van der Waals surface area (Å²) in [6.07, 6.45) is 6.13. The maximum atomic E-state index is 13.6. The predicted molar refractivity (Wildman–Crippen MR) is 201 cm³/mol. The Balaban J connectivity index is 0.000000241. The Bertz CT molecular complexity index is 1850. The molecule has 53 heavy (non-hydrogen) atoms. The van der Waals surface area contributed by atoms with Crippen molar-refractivity contribution in [3.05, 3.63) is 69.3 Å². The normalized spacial score (nSPS) is 17.5. The Morgan fingerprint density at radius 1 is 1.09 bits per heavy atom. The Kier molecular flexibility index (Phi) is 13.9. The number of aromatic amines is 1. The van der Waals surface area contributed by atoms with E-state index in [4.69, 9.17) is 10.3 Å². The summed E-state index contributed by atoms with van der Waals surface area (Å²) >= 11 is 1.93. The van der Waals surface area contributed by atoms with Crippen molar-refractivity contribution in [1.82, 2.24) is 31.5 Å². The van der Waals surface area contributed by atoms with E-state index < -0.39 is 5.91 Å². The smallest absolute Gasteiger partial charge is 0.315 e. The number of carbonyl (C=O) groups is 4. The summed E-state index contributed by atoms with van der Waals surface area (Å²) in [5.41, 5.74) is 12.7. The van der Waals surface area contributed by atoms with Crippen molar-refractivity contribution < 1.29 is 28.3 Å². The highest BCUT2D eigenvalue weighted by molar-refractivity contribution is 8.00. The number of nitrogens with one attached hydrogen (secondary N) is 6. The second-order valence-corrected chi connectivity index (χ2v) is 14.1. The first-order chi connectivity index (χ1) is 25.7. The van der Waals surface area contributed by atoms with Gasteiger partial charge in [0.2, 0.25) is 11.8 Å². The Hall–Kier alpha value is -5.28. The van der Waals surface area contributed by atoms with Gasteiger partial charge in [-0.3, -0.25) is 19.5 Å². The summed E-state index contributed by atoms with van der Waals surface area (Å²) in [5, 5.41) is 25.7. The average molecular weight is 749 g/mol. The fourth-order valence-electron chi connectivity index (χ4n) is 6.37. The first-order valence-electron chi connectivity index (χ1n) is 17.9. The van der Waals surface area contributed by atoms with Crippen molar-refractivity contribution in [2.75, 3.05) is 30.8 Å². The van der Waals surface area contributed by atoms with Crippen molar-refractivity contribution in [2.45, 2.75) is 82.5 Å². The largest absolute Gasteiger partial charge is 0.493 e. The van der Waals surface area contributed by atoms with Crippen molar-refractivity contribution in [2.24, 2.45) is 5.11 Å². The van der Waals surface area contributed by atoms with Gasteiger partial charge in [-0.2, -0.15) is 16.9 Å². The molecule has 3 aliphatic rings. The molecule has 3 atom stereocenters. The van der Waals surface area contributed by atoms with Crippen LogP contribution in [0.3, 0.4) is 0 Å². The highest BCUT2D eigenvalue weighted by atomic mass is 32.2. The SMILES string of the molecule is CCC(=O)NCCCOc1cc2c(cc1C(=O)N=[N+]=[N-])-c1[nH]nc(Nc3cccc(F)c3)c1C2.CCCNC(=O)CCCCC1SCC2NC(=O)NC21. The van der Waals surface area contributed by atoms with Gasteiger partial charge in [0, 0.05) is 65.1 Å². The summed E-state index contributed by atoms with van der Waals surface area (Å²) in [6.45, 7) is 5.31. The molecule has 0 saturated carbocycles. The number of azide groups is 1. The van der Waals surface area contributed by atoms with Crippen LogP contribution in [0, 0.1) is 5.82 Å². The molecule has 6 N–H and O–H groups in total. The number of benzene rings is 2. The number of ether oxygens (including phenoxy) is 1. The molecule has 3 aromatic rings. The topological polar surface area (TPSA) is 215 Å². The summed E-state index contributed by atoms with van der Waals surface area (Å²) in [7, 11) is 0. The maximum absolute atomic E-state index is 13.6. The molecule has 17 heteroatoms. The average Bonchev–Trinajstić information content (AvgIpc) is 3.91. The first kappa shape index (κ1) is 38.9. The second-order valence-electron chi connectivity index (χ2n) is 12.9. The highest BCUT2D eigenvalue weighted by Crippen LogP contribution is 2.42. The van der Waals surface area contributed by atoms with E-state index in [9.17, 15) is 23.6 Å². The molecule has 0 spiro atoms. The number of nitrogens with zero attached hydrogens (tertiary/aromatic N) is 4. The van der Waals surface area contributed by atoms with Crippen molar-refractivity contribution >= 4 is 47.0 Å². The molecule has 2 aromatic carbocycles. The number of hydrogen-bond acceptors (Lipinski definition) is 8. The van der Waals surface area contributed by atoms with Crippen LogP contribution in [-0.2, 0) is 16.0 Å². The first-order valence-corrected chi connectivity index (χ1v) is 19.0. The molecule has 6 rings (SSSR count). The quantitative estimate of drug-likeness (QED) is 0.0268. The molecular formula is C36H45FN10O5S. The zero-order chi connectivity index (χ0) is 37.7. The number of urea groups is 1. The van der Waals surface area contributed by atoms with Crippen LogP contribution in [0.25, 0.3) is 21.7 Å². The summed E-state index contributed by atoms with van der Waals surface area (Å²) in [4.78, 5) is 49.1. The minimum absolute atomic E-state index is 0.0285. The van der Waals surface area contributed by atoms with Gasteiger partial charge in [0.15, 0.2) is 5.82 Å². The minimum Gasteiger partial charge on any atom is -0.493 e. The molecule has 282 valence electrons. The third-order valence-corrected chi connectivity index (χ3v) is 10.5. The van der Waals surface area contributed by atoms with Crippen LogP contribution in [0.5, 0.6) is 5.75 Å². The van der Waals surface area contributed by atoms with Gasteiger partial charge in [-0.15, -0.1) is 0 Å². The molecule has 2 saturated heterocycles. The number of thioether (sulfide) groups is 1. The number of anilines is 2. The Morgan fingerprint density at radius 3 is 2.70 bits per heavy atom. The molecule has 0 bridgehead atoms. The van der Waals surface area contributed by atoms with E-state index in [1.165, 1.54) is 12.1 Å². The van der Waals surface area contributed by atoms with Gasteiger partial charge in [0.1, 0.15) is 11.6 Å². The molecule has 1 aliphatic carbocycles. The van der Waals surface area contributed by atoms with E-state index in [2.05, 4.69) is 53.7 Å². The summed E-state index contributed by atoms with van der Waals surface area (Å²) in [5.74, 6) is 0.849. The maximum Gasteiger partial charge on any atom is 0.315 e. The number of aromatic nitrogens is 2. The molecule has 3 heterocycles. The lowest BCUT2D eigenvalue weighted by atomic mass is 10.0. The molecule has 2 aliphatic heterocycles. The zero-order valence-electron chi connectivity index (χ0n) is 29.8. The number of unbranched alkanes of at least 4 members (excludes halogenated alkanes) is 1. The number of H-pyrrole nitrogens is 1. The number of hydrogen-bond donors (Lipinski definition) is 6. The fraction of sp³-hybridized carbons (Fsp3) is 0.472. The second kappa shape index (κ2) is 19.0. The van der Waals surface area contributed by atoms with Gasteiger partial charge in [-0.25, -0.2) is 9.18 Å². The van der Waals surface area contributed by atoms with E-state index in [1.54, 1.807) is 31.2 Å². The standard InChI is InChI=1S/C23H22FN7O3.C13H23N3O2S/c1-2-20(32)26-7-4-8-34-19-10-13-9-18-21(16(13)12-17(19)23(33)30-31-25)28-29-22(18)27-15-6-3-5-14(24)11-15;1-2-7-14-11(17)6-4-3-5-10-12-9(8-19-10)15-13(18)16-12/h3,5-6,10-12H,2,4,7-9H2,1H3,(H,26,32)(H2,27,28,29);9-10,12H,2-8H2,1H3,(H,14,17)(H2,15,16,18). The van der Waals surface area contributed by atoms with E-state index in [-0.39, 0.29) is 41.9 Å². The lowest BCUT2D eigenvalue weighted by Crippen LogP contribution is -2.36. The van der Waals surface area contributed by atoms with Crippen LogP contribution in [0.15, 0.2) is 41.5 Å². The molecular weight excluding hydrogens is 704 g/mol. The van der Waals surface area contributed by atoms with Gasteiger partial charge in [-0.1, -0.05) is 26.3 Å². The third-order valence-electron chi connectivity index (χ3n) is 9.04. The van der Waals surface area contributed by atoms with Crippen LogP contribution in [0.2, 0.25) is 0 Å². The minimum atomic E-state index is -0.759. The van der Waals surface area contributed by atoms with Crippen LogP contribution in [-0.4, -0.2) is 76.7 Å². The van der Waals surface area contributed by atoms with E-state index >= 15 is 0 Å². The number of carbonyl (C=O) groups excluding carboxylic acids is 4. The van der Waals surface area contributed by atoms with Crippen LogP contribution >= 0.6 is 11.8 Å². The summed E-state index contributed by atoms with van der Waals surface area (Å²) < 4.78 is 19.4. The van der Waals surface area contributed by atoms with E-state index in [0.29, 0.717) is 60.8 Å². The molecule has 3 unspecified atom stereocenters. The number of halogens is 1. The lowest BCUT2D eigenvalue weighted by molar-refractivity contribution is -0.121. The van der Waals surface area contributed by atoms with Crippen molar-refractivity contribution in [3.63, 3.8) is 0 Å². The molecule has 1 aromatic heterocycles. The molecule has 5 amide bonds. The van der Waals surface area contributed by atoms with Gasteiger partial charge < -0.3 is 31.3 Å². The van der Waals surface area contributed by atoms with Crippen LogP contribution < -0.4 is 31.3 Å². The van der Waals surface area contributed by atoms with Crippen LogP contribution in [0.4, 0.5) is 20.7 Å². The van der Waals surface area contributed by atoms with Gasteiger partial charge in [0.05, 0.1) is 29.9 Å². The highest BCUT2D eigenvalue weighted by Gasteiger charge is 2.42.